The van der Waals surface area contributed by atoms with Crippen molar-refractivity contribution in [3.05, 3.63) is 0 Å². The first-order chi connectivity index (χ1) is 4.33. The molecule has 0 fully saturated rings. The Hall–Kier alpha value is -0.250. The number of aliphatic hydroxyl groups is 1. The summed E-state index contributed by atoms with van der Waals surface area (Å²) < 4.78 is 34.7. The number of rotatable bonds is 2. The lowest BCUT2D eigenvalue weighted by atomic mass is 10.0. The van der Waals surface area contributed by atoms with Gasteiger partial charge in [0.05, 0.1) is 6.10 Å². The molecule has 1 unspecified atom stereocenters. The normalized spacial score (nSPS) is 18.6. The third kappa shape index (κ3) is 4.61. The van der Waals surface area contributed by atoms with Crippen molar-refractivity contribution in [3.63, 3.8) is 0 Å². The van der Waals surface area contributed by atoms with Gasteiger partial charge in [-0.2, -0.15) is 13.2 Å². The van der Waals surface area contributed by atoms with E-state index in [1.165, 1.54) is 13.8 Å². The van der Waals surface area contributed by atoms with Crippen molar-refractivity contribution in [1.29, 1.82) is 0 Å². The van der Waals surface area contributed by atoms with Crippen LogP contribution in [0.1, 0.15) is 20.3 Å². The van der Waals surface area contributed by atoms with Crippen molar-refractivity contribution >= 4 is 0 Å². The Morgan fingerprint density at radius 3 is 1.80 bits per heavy atom. The molecule has 0 bridgehead atoms. The standard InChI is InChI=1S/C6H11F3O/c1-4(5(2)10)3-6(7,8)9/h4-5,10H,3H2,1-2H3/t4?,5-/m0/s1. The maximum Gasteiger partial charge on any atom is 0.389 e. The van der Waals surface area contributed by atoms with E-state index in [1.54, 1.807) is 0 Å². The van der Waals surface area contributed by atoms with Crippen LogP contribution in [0.25, 0.3) is 0 Å². The number of aliphatic hydroxyl groups excluding tert-OH is 1. The van der Waals surface area contributed by atoms with Crippen molar-refractivity contribution in [2.45, 2.75) is 32.5 Å². The van der Waals surface area contributed by atoms with Crippen molar-refractivity contribution in [3.8, 4) is 0 Å². The first-order valence-electron chi connectivity index (χ1n) is 3.07. The molecule has 0 rings (SSSR count). The quantitative estimate of drug-likeness (QED) is 0.647. The van der Waals surface area contributed by atoms with Gasteiger partial charge in [0.25, 0.3) is 0 Å². The molecule has 62 valence electrons. The lowest BCUT2D eigenvalue weighted by molar-refractivity contribution is -0.150. The van der Waals surface area contributed by atoms with Crippen LogP contribution >= 0.6 is 0 Å². The van der Waals surface area contributed by atoms with Crippen LogP contribution in [0.5, 0.6) is 0 Å². The Balaban J connectivity index is 3.68. The lowest BCUT2D eigenvalue weighted by Crippen LogP contribution is -2.21. The fourth-order valence-corrected chi connectivity index (χ4v) is 0.536. The second-order valence-corrected chi connectivity index (χ2v) is 2.54. The van der Waals surface area contributed by atoms with Gasteiger partial charge in [-0.05, 0) is 12.8 Å². The van der Waals surface area contributed by atoms with Crippen LogP contribution in [-0.4, -0.2) is 17.4 Å². The second-order valence-electron chi connectivity index (χ2n) is 2.54. The van der Waals surface area contributed by atoms with E-state index in [2.05, 4.69) is 0 Å². The second kappa shape index (κ2) is 3.23. The van der Waals surface area contributed by atoms with Crippen molar-refractivity contribution in [2.24, 2.45) is 5.92 Å². The maximum atomic E-state index is 11.6. The summed E-state index contributed by atoms with van der Waals surface area (Å²) >= 11 is 0. The number of hydrogen-bond donors (Lipinski definition) is 1. The van der Waals surface area contributed by atoms with Gasteiger partial charge in [0.1, 0.15) is 0 Å². The molecule has 0 aliphatic rings. The van der Waals surface area contributed by atoms with Crippen LogP contribution in [-0.2, 0) is 0 Å². The monoisotopic (exact) mass is 156 g/mol. The van der Waals surface area contributed by atoms with Crippen LogP contribution in [0.2, 0.25) is 0 Å². The summed E-state index contributed by atoms with van der Waals surface area (Å²) in [7, 11) is 0. The van der Waals surface area contributed by atoms with E-state index >= 15 is 0 Å². The zero-order valence-electron chi connectivity index (χ0n) is 5.94. The Morgan fingerprint density at radius 2 is 1.70 bits per heavy atom. The molecule has 0 amide bonds. The average Bonchev–Trinajstić information content (AvgIpc) is 1.60. The topological polar surface area (TPSA) is 20.2 Å². The largest absolute Gasteiger partial charge is 0.393 e. The van der Waals surface area contributed by atoms with E-state index in [0.717, 1.165) is 0 Å². The van der Waals surface area contributed by atoms with Crippen LogP contribution in [0.4, 0.5) is 13.2 Å². The van der Waals surface area contributed by atoms with Gasteiger partial charge in [0, 0.05) is 6.42 Å². The summed E-state index contributed by atoms with van der Waals surface area (Å²) in [6, 6.07) is 0. The average molecular weight is 156 g/mol. The van der Waals surface area contributed by atoms with E-state index < -0.39 is 24.6 Å². The Bertz CT molecular complexity index is 97.7. The van der Waals surface area contributed by atoms with E-state index in [1.807, 2.05) is 0 Å². The van der Waals surface area contributed by atoms with Gasteiger partial charge in [-0.3, -0.25) is 0 Å². The molecule has 1 nitrogen and oxygen atoms in total. The van der Waals surface area contributed by atoms with E-state index in [9.17, 15) is 13.2 Å². The van der Waals surface area contributed by atoms with E-state index in [0.29, 0.717) is 0 Å². The molecule has 10 heavy (non-hydrogen) atoms. The summed E-state index contributed by atoms with van der Waals surface area (Å²) in [6.07, 6.45) is -5.96. The molecule has 0 aliphatic carbocycles. The van der Waals surface area contributed by atoms with Gasteiger partial charge in [0.2, 0.25) is 0 Å². The molecule has 0 aromatic heterocycles. The number of hydrogen-bond acceptors (Lipinski definition) is 1. The Morgan fingerprint density at radius 1 is 1.30 bits per heavy atom. The third-order valence-corrected chi connectivity index (χ3v) is 1.38. The predicted molar refractivity (Wildman–Crippen MR) is 31.5 cm³/mol. The Labute approximate surface area is 57.9 Å². The lowest BCUT2D eigenvalue weighted by Gasteiger charge is -2.15. The van der Waals surface area contributed by atoms with Gasteiger partial charge in [-0.15, -0.1) is 0 Å². The van der Waals surface area contributed by atoms with Crippen LogP contribution < -0.4 is 0 Å². The fourth-order valence-electron chi connectivity index (χ4n) is 0.536. The van der Waals surface area contributed by atoms with Crippen LogP contribution in [0, 0.1) is 5.92 Å². The van der Waals surface area contributed by atoms with Gasteiger partial charge in [0.15, 0.2) is 0 Å². The summed E-state index contributed by atoms with van der Waals surface area (Å²) in [6.45, 7) is 2.73. The summed E-state index contributed by atoms with van der Waals surface area (Å²) in [5, 5.41) is 8.68. The predicted octanol–water partition coefficient (Wildman–Crippen LogP) is 1.96. The molecule has 0 spiro atoms. The number of halogens is 3. The first kappa shape index (κ1) is 9.75. The molecule has 0 saturated heterocycles. The summed E-state index contributed by atoms with van der Waals surface area (Å²) in [5.41, 5.74) is 0. The zero-order valence-corrected chi connectivity index (χ0v) is 5.94. The molecular weight excluding hydrogens is 145 g/mol. The highest BCUT2D eigenvalue weighted by atomic mass is 19.4. The summed E-state index contributed by atoms with van der Waals surface area (Å²) in [5.74, 6) is -0.708. The van der Waals surface area contributed by atoms with Crippen molar-refractivity contribution < 1.29 is 18.3 Å². The highest BCUT2D eigenvalue weighted by Gasteiger charge is 2.31. The van der Waals surface area contributed by atoms with Crippen LogP contribution in [0.15, 0.2) is 0 Å². The van der Waals surface area contributed by atoms with Gasteiger partial charge < -0.3 is 5.11 Å². The molecule has 0 aliphatic heterocycles. The molecule has 0 radical (unpaired) electrons. The molecule has 4 heteroatoms. The molecule has 0 heterocycles. The molecule has 0 aromatic rings. The highest BCUT2D eigenvalue weighted by molar-refractivity contribution is 4.63. The minimum absolute atomic E-state index is 0.708. The SMILES string of the molecule is CC(CC(F)(F)F)[C@H](C)O. The molecular formula is C6H11F3O. The highest BCUT2D eigenvalue weighted by Crippen LogP contribution is 2.25. The van der Waals surface area contributed by atoms with Crippen LogP contribution in [0.3, 0.4) is 0 Å². The minimum Gasteiger partial charge on any atom is -0.393 e. The molecule has 1 N–H and O–H groups in total. The van der Waals surface area contributed by atoms with E-state index in [4.69, 9.17) is 5.11 Å². The van der Waals surface area contributed by atoms with Gasteiger partial charge in [-0.25, -0.2) is 0 Å². The van der Waals surface area contributed by atoms with Gasteiger partial charge in [-0.1, -0.05) is 6.92 Å². The minimum atomic E-state index is -4.16. The van der Waals surface area contributed by atoms with Crippen molar-refractivity contribution in [1.82, 2.24) is 0 Å². The smallest absolute Gasteiger partial charge is 0.389 e. The molecule has 0 saturated carbocycles. The van der Waals surface area contributed by atoms with Crippen molar-refractivity contribution in [2.75, 3.05) is 0 Å². The number of alkyl halides is 3. The fraction of sp³-hybridized carbons (Fsp3) is 1.00. The van der Waals surface area contributed by atoms with Gasteiger partial charge >= 0.3 is 6.18 Å². The summed E-state index contributed by atoms with van der Waals surface area (Å²) in [4.78, 5) is 0. The van der Waals surface area contributed by atoms with E-state index in [-0.39, 0.29) is 0 Å². The zero-order chi connectivity index (χ0) is 8.36. The molecule has 0 aromatic carbocycles. The molecule has 2 atom stereocenters. The Kier molecular flexibility index (Phi) is 3.15. The first-order valence-corrected chi connectivity index (χ1v) is 3.07. The third-order valence-electron chi connectivity index (χ3n) is 1.38. The maximum absolute atomic E-state index is 11.6.